The fourth-order valence-electron chi connectivity index (χ4n) is 10.2. The molecule has 0 aliphatic heterocycles. The quantitative estimate of drug-likeness (QED) is 0.0520. The second-order valence-corrected chi connectivity index (χ2v) is 23.7. The van der Waals surface area contributed by atoms with E-state index in [-0.39, 0.29) is 52.8 Å². The molecule has 10 nitrogen and oxygen atoms in total. The number of nitrogen functional groups attached to an aromatic ring is 4. The molecule has 0 aromatic heterocycles. The number of ketones is 4. The topological polar surface area (TPSA) is 191 Å². The maximum absolute atomic E-state index is 12.8. The molecule has 0 aliphatic carbocycles. The number of rotatable bonds is 12. The van der Waals surface area contributed by atoms with Crippen molar-refractivity contribution < 1.29 is 28.7 Å². The summed E-state index contributed by atoms with van der Waals surface area (Å²) < 4.78 is 11.5. The van der Waals surface area contributed by atoms with Crippen LogP contribution in [0.2, 0.25) is 0 Å². The van der Waals surface area contributed by atoms with Crippen LogP contribution < -0.4 is 32.4 Å². The first-order valence-electron chi connectivity index (χ1n) is 33.6. The van der Waals surface area contributed by atoms with Gasteiger partial charge in [-0.25, -0.2) is 0 Å². The van der Waals surface area contributed by atoms with E-state index in [4.69, 9.17) is 32.4 Å². The highest BCUT2D eigenvalue weighted by atomic mass is 16.5. The molecule has 10 heteroatoms. The molecule has 0 amide bonds. The van der Waals surface area contributed by atoms with Crippen molar-refractivity contribution in [3.05, 3.63) is 453 Å². The average molecular weight is 1440 g/mol. The van der Waals surface area contributed by atoms with E-state index in [1.54, 1.807) is 182 Å². The van der Waals surface area contributed by atoms with Crippen LogP contribution in [0.1, 0.15) is 138 Å². The van der Waals surface area contributed by atoms with Crippen LogP contribution in [0.5, 0.6) is 23.0 Å². The van der Waals surface area contributed by atoms with Crippen LogP contribution in [-0.4, -0.2) is 23.1 Å². The second-order valence-electron chi connectivity index (χ2n) is 23.7. The molecule has 540 valence electrons. The zero-order valence-electron chi connectivity index (χ0n) is 57.4. The fourth-order valence-corrected chi connectivity index (χ4v) is 10.2. The summed E-state index contributed by atoms with van der Waals surface area (Å²) in [6.07, 6.45) is 0. The van der Waals surface area contributed by atoms with Gasteiger partial charge in [-0.05, 0) is 255 Å². The van der Waals surface area contributed by atoms with Crippen LogP contribution in [0.15, 0.2) is 364 Å². The molecule has 0 fully saturated rings. The molecule has 0 radical (unpaired) electrons. The molecule has 14 aromatic rings. The maximum Gasteiger partial charge on any atom is 0.193 e. The van der Waals surface area contributed by atoms with E-state index in [0.29, 0.717) is 90.3 Å². The molecule has 110 heavy (non-hydrogen) atoms. The van der Waals surface area contributed by atoms with Crippen molar-refractivity contribution in [2.75, 3.05) is 22.9 Å². The van der Waals surface area contributed by atoms with Gasteiger partial charge in [-0.15, -0.1) is 0 Å². The van der Waals surface area contributed by atoms with E-state index in [2.05, 4.69) is 47.4 Å². The number of benzene rings is 14. The first kappa shape index (κ1) is 82.1. The molecule has 0 unspecified atom stereocenters. The van der Waals surface area contributed by atoms with Gasteiger partial charge in [-0.2, -0.15) is 0 Å². The first-order chi connectivity index (χ1) is 51.8. The van der Waals surface area contributed by atoms with Crippen molar-refractivity contribution in [3.63, 3.8) is 0 Å². The highest BCUT2D eigenvalue weighted by Gasteiger charge is 2.14. The van der Waals surface area contributed by atoms with Gasteiger partial charge < -0.3 is 32.4 Å². The third-order valence-corrected chi connectivity index (χ3v) is 15.8. The van der Waals surface area contributed by atoms with E-state index in [1.807, 2.05) is 182 Å². The Labute approximate surface area is 646 Å². The number of hydrogen-bond donors (Lipinski definition) is 4. The van der Waals surface area contributed by atoms with Crippen LogP contribution >= 0.6 is 0 Å². The summed E-state index contributed by atoms with van der Waals surface area (Å²) in [6.45, 7) is 0. The van der Waals surface area contributed by atoms with Gasteiger partial charge in [-0.1, -0.05) is 180 Å². The summed E-state index contributed by atoms with van der Waals surface area (Å²) >= 11 is 0. The molecule has 14 rings (SSSR count). The zero-order valence-corrected chi connectivity index (χ0v) is 57.4. The zero-order chi connectivity index (χ0) is 73.7. The molecule has 0 saturated carbocycles. The molecular weight excluding hydrogens is 1350 g/mol. The van der Waals surface area contributed by atoms with E-state index in [9.17, 15) is 19.2 Å². The van der Waals surface area contributed by atoms with E-state index in [1.165, 1.54) is 0 Å². The second kappa shape index (κ2) is 41.9. The van der Waals surface area contributed by atoms with E-state index >= 15 is 0 Å². The normalized spacial score (nSPS) is 9.53. The van der Waals surface area contributed by atoms with Gasteiger partial charge in [0.2, 0.25) is 0 Å². The highest BCUT2D eigenvalue weighted by Crippen LogP contribution is 2.27. The molecule has 0 atom stereocenters. The Bertz CT molecular complexity index is 5440. The monoisotopic (exact) mass is 1440 g/mol. The Balaban J connectivity index is 0.000000203. The van der Waals surface area contributed by atoms with Gasteiger partial charge in [0, 0.05) is 118 Å². The smallest absolute Gasteiger partial charge is 0.193 e. The Morgan fingerprint density at radius 1 is 0.182 bits per heavy atom. The summed E-state index contributed by atoms with van der Waals surface area (Å²) in [6, 6.07) is 111. The minimum atomic E-state index is -0.0481. The van der Waals surface area contributed by atoms with Crippen LogP contribution in [0.25, 0.3) is 0 Å². The fraction of sp³-hybridized carbons (Fsp3) is 0.0400. The van der Waals surface area contributed by atoms with Crippen molar-refractivity contribution in [2.45, 2.75) is 29.7 Å². The summed E-state index contributed by atoms with van der Waals surface area (Å²) in [4.78, 5) is 50.3. The number of anilines is 4. The average Bonchev–Trinajstić information content (AvgIpc) is 0.835. The molecule has 0 bridgehead atoms. The van der Waals surface area contributed by atoms with Crippen molar-refractivity contribution in [1.29, 1.82) is 0 Å². The van der Waals surface area contributed by atoms with Gasteiger partial charge in [0.1, 0.15) is 23.0 Å². The van der Waals surface area contributed by atoms with E-state index in [0.717, 1.165) is 44.5 Å². The maximum atomic E-state index is 12.8. The van der Waals surface area contributed by atoms with Gasteiger partial charge in [0.15, 0.2) is 23.1 Å². The summed E-state index contributed by atoms with van der Waals surface area (Å²) in [5, 5.41) is 0. The molecular formula is C100H84N4O6. The Morgan fingerprint density at radius 2 is 0.391 bits per heavy atom. The molecule has 8 N–H and O–H groups in total. The number of nitrogens with two attached hydrogens (primary N) is 4. The number of carbonyl (C=O) groups excluding carboxylic acids is 4. The predicted molar refractivity (Wildman–Crippen MR) is 453 cm³/mol. The van der Waals surface area contributed by atoms with Gasteiger partial charge >= 0.3 is 0 Å². The lowest BCUT2D eigenvalue weighted by Crippen LogP contribution is -2.01. The minimum absolute atomic E-state index is 0. The first-order valence-corrected chi connectivity index (χ1v) is 33.6. The predicted octanol–water partition coefficient (Wildman–Crippen LogP) is 21.7. The number of hydrogen-bond acceptors (Lipinski definition) is 10. The van der Waals surface area contributed by atoms with Crippen molar-refractivity contribution in [2.24, 2.45) is 0 Å². The minimum Gasteiger partial charge on any atom is -0.457 e. The summed E-state index contributed by atoms with van der Waals surface area (Å²) in [7, 11) is 0. The molecule has 0 heterocycles. The molecule has 0 spiro atoms. The lowest BCUT2D eigenvalue weighted by atomic mass is 10.0. The Kier molecular flexibility index (Phi) is 31.3. The van der Waals surface area contributed by atoms with Crippen molar-refractivity contribution in [1.82, 2.24) is 0 Å². The Hall–Kier alpha value is -15.2. The van der Waals surface area contributed by atoms with Crippen LogP contribution in [0, 0.1) is 47.4 Å². The highest BCUT2D eigenvalue weighted by molar-refractivity contribution is 6.11. The SMILES string of the molecule is C.C.C.C.Nc1ccc(Oc2ccc(C(=O)c3ccc(C#Cc4ccccc4)cc3)cc2)cc1.Nc1cccc(C(=O)c2ccc(C#Cc3ccccc3)cc2)c1.Nc1cccc(C(=O)c2ccc(C#Cc3ccccc3)cc2)c1.Nc1cccc(Oc2ccc(C(=O)c3ccc(C#Cc4ccccc4)cc3)cc2)c1. The van der Waals surface area contributed by atoms with Crippen molar-refractivity contribution in [3.8, 4) is 70.4 Å². The lowest BCUT2D eigenvalue weighted by Gasteiger charge is -2.07. The Morgan fingerprint density at radius 3 is 0.645 bits per heavy atom. The standard InChI is InChI=1S/2C27H19NO2.2C21H15NO.4CH4/c28-24-7-4-8-26(19-24)30-25-17-15-23(16-18-25)27(29)22-13-11-21(12-14-22)10-9-20-5-2-1-3-6-20;28-24-14-18-26(19-15-24)30-25-16-12-23(13-17-25)27(29)22-10-8-21(9-11-22)7-6-20-4-2-1-3-5-20;2*22-20-8-4-7-19(15-20)21(23)18-13-11-17(12-14-18)10-9-16-5-2-1-3-6-16;;;;/h1-8,11-19H,28H2;1-5,8-19H,28H2;2*1-8,11-15H,22H2;4*1H4. The van der Waals surface area contributed by atoms with Crippen molar-refractivity contribution >= 4 is 45.9 Å². The van der Waals surface area contributed by atoms with Crippen LogP contribution in [0.4, 0.5) is 22.7 Å². The van der Waals surface area contributed by atoms with Crippen LogP contribution in [-0.2, 0) is 0 Å². The third-order valence-electron chi connectivity index (χ3n) is 15.8. The third kappa shape index (κ3) is 25.0. The summed E-state index contributed by atoms with van der Waals surface area (Å²) in [5.41, 5.74) is 37.6. The lowest BCUT2D eigenvalue weighted by molar-refractivity contribution is 0.103. The molecule has 0 saturated heterocycles. The van der Waals surface area contributed by atoms with Gasteiger partial charge in [-0.3, -0.25) is 19.2 Å². The summed E-state index contributed by atoms with van der Waals surface area (Å²) in [5.74, 6) is 27.3. The largest absolute Gasteiger partial charge is 0.457 e. The molecule has 0 aliphatic rings. The van der Waals surface area contributed by atoms with Crippen LogP contribution in [0.3, 0.4) is 0 Å². The van der Waals surface area contributed by atoms with Gasteiger partial charge in [0.05, 0.1) is 0 Å². The number of ether oxygens (including phenoxy) is 2. The van der Waals surface area contributed by atoms with Gasteiger partial charge in [0.25, 0.3) is 0 Å². The number of carbonyl (C=O) groups is 4. The van der Waals surface area contributed by atoms with E-state index < -0.39 is 0 Å². The molecule has 14 aromatic carbocycles.